The number of fused-ring (bicyclic) bond motifs is 2. The van der Waals surface area contributed by atoms with Gasteiger partial charge in [0, 0.05) is 11.7 Å². The lowest BCUT2D eigenvalue weighted by Gasteiger charge is -2.14. The van der Waals surface area contributed by atoms with Crippen molar-refractivity contribution in [1.82, 2.24) is 19.9 Å². The number of nitrogens with one attached hydrogen (secondary N) is 1. The first-order valence-electron chi connectivity index (χ1n) is 9.86. The molecule has 4 rings (SSSR count). The topological polar surface area (TPSA) is 85.8 Å². The third-order valence-electron chi connectivity index (χ3n) is 5.23. The zero-order chi connectivity index (χ0) is 23.2. The van der Waals surface area contributed by atoms with Crippen LogP contribution in [0, 0.1) is 0 Å². The molecule has 166 valence electrons. The summed E-state index contributed by atoms with van der Waals surface area (Å²) in [5.74, 6) is -0.540. The summed E-state index contributed by atoms with van der Waals surface area (Å²) in [6.45, 7) is 3.75. The molecule has 0 saturated heterocycles. The molecular formula is C22H19ClF3N5O. The van der Waals surface area contributed by atoms with Crippen LogP contribution < -0.4 is 11.1 Å². The van der Waals surface area contributed by atoms with Crippen LogP contribution in [0.5, 0.6) is 0 Å². The Balaban J connectivity index is 2.04. The first-order chi connectivity index (χ1) is 15.1. The summed E-state index contributed by atoms with van der Waals surface area (Å²) in [5, 5.41) is 2.39. The standard InChI is InChI=1S/C22H19ClF3N5O/c1-3-11(2)28-21(32)17-18-20(30-16-7-5-4-6-15(16)29-18)31(19(17)27)12-8-9-14(23)13(10-12)22(24,25)26/h4-11H,3,27H2,1-2H3,(H,28,32)/t11-/m1/s1. The minimum Gasteiger partial charge on any atom is -0.384 e. The van der Waals surface area contributed by atoms with E-state index < -0.39 is 22.7 Å². The highest BCUT2D eigenvalue weighted by Crippen LogP contribution is 2.38. The summed E-state index contributed by atoms with van der Waals surface area (Å²) in [6.07, 6.45) is -3.98. The molecule has 4 aromatic rings. The van der Waals surface area contributed by atoms with Gasteiger partial charge in [-0.3, -0.25) is 9.36 Å². The Labute approximate surface area is 186 Å². The van der Waals surface area contributed by atoms with Crippen molar-refractivity contribution in [2.45, 2.75) is 32.5 Å². The average Bonchev–Trinajstić information content (AvgIpc) is 3.02. The molecule has 0 spiro atoms. The normalized spacial score (nSPS) is 12.9. The molecule has 0 fully saturated rings. The number of benzene rings is 2. The fourth-order valence-corrected chi connectivity index (χ4v) is 3.64. The summed E-state index contributed by atoms with van der Waals surface area (Å²) in [5.41, 5.74) is 6.85. The number of aromatic nitrogens is 3. The van der Waals surface area contributed by atoms with Gasteiger partial charge in [0.25, 0.3) is 5.91 Å². The van der Waals surface area contributed by atoms with Crippen LogP contribution in [0.25, 0.3) is 27.9 Å². The van der Waals surface area contributed by atoms with Gasteiger partial charge in [-0.2, -0.15) is 13.2 Å². The fraction of sp³-hybridized carbons (Fsp3) is 0.227. The molecule has 2 heterocycles. The van der Waals surface area contributed by atoms with Gasteiger partial charge in [-0.05, 0) is 43.7 Å². The summed E-state index contributed by atoms with van der Waals surface area (Å²) in [7, 11) is 0. The molecule has 10 heteroatoms. The number of nitrogen functional groups attached to an aromatic ring is 1. The highest BCUT2D eigenvalue weighted by Gasteiger charge is 2.34. The van der Waals surface area contributed by atoms with E-state index in [0.29, 0.717) is 17.5 Å². The Hall–Kier alpha value is -3.33. The van der Waals surface area contributed by atoms with E-state index >= 15 is 0 Å². The molecule has 0 saturated carbocycles. The Morgan fingerprint density at radius 3 is 2.47 bits per heavy atom. The van der Waals surface area contributed by atoms with E-state index in [9.17, 15) is 18.0 Å². The lowest BCUT2D eigenvalue weighted by Crippen LogP contribution is -2.32. The number of hydrogen-bond acceptors (Lipinski definition) is 4. The second kappa shape index (κ2) is 7.98. The second-order valence-corrected chi connectivity index (χ2v) is 7.83. The molecule has 1 atom stereocenters. The van der Waals surface area contributed by atoms with Crippen LogP contribution in [0.2, 0.25) is 5.02 Å². The van der Waals surface area contributed by atoms with E-state index in [1.54, 1.807) is 24.3 Å². The quantitative estimate of drug-likeness (QED) is 0.428. The molecule has 1 amide bonds. The van der Waals surface area contributed by atoms with Gasteiger partial charge in [-0.15, -0.1) is 0 Å². The monoisotopic (exact) mass is 461 g/mol. The maximum atomic E-state index is 13.5. The third kappa shape index (κ3) is 3.73. The van der Waals surface area contributed by atoms with Gasteiger partial charge in [0.05, 0.1) is 21.6 Å². The number of alkyl halides is 3. The third-order valence-corrected chi connectivity index (χ3v) is 5.56. The number of carbonyl (C=O) groups excluding carboxylic acids is 1. The number of rotatable bonds is 4. The van der Waals surface area contributed by atoms with E-state index in [-0.39, 0.29) is 34.3 Å². The summed E-state index contributed by atoms with van der Waals surface area (Å²) in [4.78, 5) is 22.1. The van der Waals surface area contributed by atoms with Crippen molar-refractivity contribution in [3.8, 4) is 5.69 Å². The Bertz CT molecular complexity index is 1350. The second-order valence-electron chi connectivity index (χ2n) is 7.42. The Kier molecular flexibility index (Phi) is 5.46. The number of nitrogens with zero attached hydrogens (tertiary/aromatic N) is 3. The van der Waals surface area contributed by atoms with Crippen LogP contribution in [-0.4, -0.2) is 26.5 Å². The lowest BCUT2D eigenvalue weighted by atomic mass is 10.2. The van der Waals surface area contributed by atoms with Crippen molar-refractivity contribution in [2.75, 3.05) is 5.73 Å². The molecule has 2 aromatic carbocycles. The van der Waals surface area contributed by atoms with Crippen LogP contribution in [0.3, 0.4) is 0 Å². The van der Waals surface area contributed by atoms with E-state index in [2.05, 4.69) is 15.3 Å². The highest BCUT2D eigenvalue weighted by molar-refractivity contribution is 6.31. The lowest BCUT2D eigenvalue weighted by molar-refractivity contribution is -0.137. The number of nitrogens with two attached hydrogens (primary N) is 1. The Morgan fingerprint density at radius 1 is 1.19 bits per heavy atom. The molecular weight excluding hydrogens is 443 g/mol. The Morgan fingerprint density at radius 2 is 1.84 bits per heavy atom. The maximum absolute atomic E-state index is 13.5. The summed E-state index contributed by atoms with van der Waals surface area (Å²) in [6, 6.07) is 10.3. The minimum atomic E-state index is -4.67. The number of amides is 1. The molecule has 0 aliphatic rings. The number of hydrogen-bond donors (Lipinski definition) is 2. The van der Waals surface area contributed by atoms with Crippen LogP contribution in [-0.2, 0) is 6.18 Å². The van der Waals surface area contributed by atoms with Gasteiger partial charge in [0.1, 0.15) is 16.9 Å². The zero-order valence-electron chi connectivity index (χ0n) is 17.2. The molecule has 0 aliphatic heterocycles. The molecule has 0 aliphatic carbocycles. The molecule has 6 nitrogen and oxygen atoms in total. The van der Waals surface area contributed by atoms with Crippen molar-refractivity contribution in [2.24, 2.45) is 0 Å². The van der Waals surface area contributed by atoms with Crippen LogP contribution >= 0.6 is 11.6 Å². The van der Waals surface area contributed by atoms with E-state index in [0.717, 1.165) is 12.1 Å². The minimum absolute atomic E-state index is 0.0575. The molecule has 3 N–H and O–H groups in total. The van der Waals surface area contributed by atoms with E-state index in [1.165, 1.54) is 10.6 Å². The smallest absolute Gasteiger partial charge is 0.384 e. The molecule has 0 radical (unpaired) electrons. The van der Waals surface area contributed by atoms with Crippen molar-refractivity contribution < 1.29 is 18.0 Å². The van der Waals surface area contributed by atoms with Gasteiger partial charge >= 0.3 is 6.18 Å². The largest absolute Gasteiger partial charge is 0.417 e. The van der Waals surface area contributed by atoms with Crippen LogP contribution in [0.1, 0.15) is 36.2 Å². The van der Waals surface area contributed by atoms with Crippen molar-refractivity contribution >= 4 is 45.5 Å². The predicted molar refractivity (Wildman–Crippen MR) is 118 cm³/mol. The van der Waals surface area contributed by atoms with Gasteiger partial charge < -0.3 is 11.1 Å². The van der Waals surface area contributed by atoms with Crippen molar-refractivity contribution in [1.29, 1.82) is 0 Å². The van der Waals surface area contributed by atoms with Gasteiger partial charge in [-0.1, -0.05) is 30.7 Å². The number of carbonyl (C=O) groups is 1. The zero-order valence-corrected chi connectivity index (χ0v) is 17.9. The van der Waals surface area contributed by atoms with E-state index in [4.69, 9.17) is 17.3 Å². The molecule has 32 heavy (non-hydrogen) atoms. The molecule has 0 bridgehead atoms. The first-order valence-corrected chi connectivity index (χ1v) is 10.2. The fourth-order valence-electron chi connectivity index (χ4n) is 3.41. The van der Waals surface area contributed by atoms with Gasteiger partial charge in [0.15, 0.2) is 5.65 Å². The van der Waals surface area contributed by atoms with Crippen molar-refractivity contribution in [3.05, 3.63) is 58.6 Å². The number of halogens is 4. The predicted octanol–water partition coefficient (Wildman–Crippen LogP) is 5.36. The maximum Gasteiger partial charge on any atom is 0.417 e. The van der Waals surface area contributed by atoms with Crippen molar-refractivity contribution in [3.63, 3.8) is 0 Å². The average molecular weight is 462 g/mol. The van der Waals surface area contributed by atoms with Crippen LogP contribution in [0.4, 0.5) is 19.0 Å². The summed E-state index contributed by atoms with van der Waals surface area (Å²) >= 11 is 5.78. The van der Waals surface area contributed by atoms with Gasteiger partial charge in [0.2, 0.25) is 0 Å². The number of para-hydroxylation sites is 2. The molecule has 0 unspecified atom stereocenters. The number of anilines is 1. The SMILES string of the molecule is CC[C@@H](C)NC(=O)c1c(N)n(-c2ccc(Cl)c(C(F)(F)F)c2)c2nc3ccccc3nc12. The first kappa shape index (κ1) is 21.9. The van der Waals surface area contributed by atoms with E-state index in [1.807, 2.05) is 13.8 Å². The van der Waals surface area contributed by atoms with Gasteiger partial charge in [-0.25, -0.2) is 9.97 Å². The highest BCUT2D eigenvalue weighted by atomic mass is 35.5. The van der Waals surface area contributed by atoms with Crippen LogP contribution in [0.15, 0.2) is 42.5 Å². The summed E-state index contributed by atoms with van der Waals surface area (Å²) < 4.78 is 41.7. The molecule has 2 aromatic heterocycles.